The Labute approximate surface area is 98.7 Å². The van der Waals surface area contributed by atoms with Crippen LogP contribution in [-0.2, 0) is 9.59 Å². The Morgan fingerprint density at radius 2 is 2.18 bits per heavy atom. The molecule has 5 heteroatoms. The average Bonchev–Trinajstić information content (AvgIpc) is 2.80. The van der Waals surface area contributed by atoms with Crippen molar-refractivity contribution in [2.24, 2.45) is 0 Å². The molecular formula is C12H13NO4. The zero-order chi connectivity index (χ0) is 12.4. The van der Waals surface area contributed by atoms with Gasteiger partial charge < -0.3 is 14.8 Å². The van der Waals surface area contributed by atoms with E-state index in [4.69, 9.17) is 9.47 Å². The molecule has 1 aliphatic rings. The first-order valence-electron chi connectivity index (χ1n) is 5.20. The Morgan fingerprint density at radius 3 is 2.76 bits per heavy atom. The highest BCUT2D eigenvalue weighted by Crippen LogP contribution is 2.44. The number of fused-ring (bicyclic) bond motifs is 1. The van der Waals surface area contributed by atoms with Crippen molar-refractivity contribution in [2.75, 3.05) is 26.1 Å². The van der Waals surface area contributed by atoms with Crippen LogP contribution < -0.4 is 14.8 Å². The standard InChI is InChI=1S/C12H13NO4/c1-16-10-4-3-8-11(12(10)17-2)7(5-13-8)9(15)6-14/h3-4,6-7,13H,5H2,1-2H3. The molecule has 1 aliphatic heterocycles. The van der Waals surface area contributed by atoms with Crippen LogP contribution in [0.3, 0.4) is 0 Å². The lowest BCUT2D eigenvalue weighted by molar-refractivity contribution is -0.130. The molecule has 0 saturated carbocycles. The number of hydrogen-bond donors (Lipinski definition) is 1. The monoisotopic (exact) mass is 235 g/mol. The van der Waals surface area contributed by atoms with Gasteiger partial charge in [0.2, 0.25) is 5.78 Å². The number of Topliss-reactive ketones (excluding diaryl/α,β-unsaturated/α-hetero) is 1. The lowest BCUT2D eigenvalue weighted by atomic mass is 9.96. The Balaban J connectivity index is 2.55. The predicted octanol–water partition coefficient (Wildman–Crippen LogP) is 0.981. The zero-order valence-electron chi connectivity index (χ0n) is 9.65. The molecule has 1 unspecified atom stereocenters. The van der Waals surface area contributed by atoms with Crippen molar-refractivity contribution >= 4 is 17.8 Å². The number of carbonyl (C=O) groups excluding carboxylic acids is 2. The summed E-state index contributed by atoms with van der Waals surface area (Å²) in [5.74, 6) is 0.115. The van der Waals surface area contributed by atoms with Crippen molar-refractivity contribution in [1.82, 2.24) is 0 Å². The van der Waals surface area contributed by atoms with E-state index < -0.39 is 11.7 Å². The summed E-state index contributed by atoms with van der Waals surface area (Å²) in [6.45, 7) is 0.413. The highest BCUT2D eigenvalue weighted by molar-refractivity contribution is 6.28. The number of nitrogens with one attached hydrogen (secondary N) is 1. The molecule has 0 radical (unpaired) electrons. The molecule has 1 N–H and O–H groups in total. The van der Waals surface area contributed by atoms with Gasteiger partial charge in [-0.05, 0) is 12.1 Å². The van der Waals surface area contributed by atoms with Crippen molar-refractivity contribution in [3.05, 3.63) is 17.7 Å². The minimum atomic E-state index is -0.493. The smallest absolute Gasteiger partial charge is 0.204 e. The zero-order valence-corrected chi connectivity index (χ0v) is 9.65. The number of rotatable bonds is 4. The number of hydrogen-bond acceptors (Lipinski definition) is 5. The van der Waals surface area contributed by atoms with Crippen LogP contribution in [0.4, 0.5) is 5.69 Å². The highest BCUT2D eigenvalue weighted by atomic mass is 16.5. The van der Waals surface area contributed by atoms with Gasteiger partial charge in [0.05, 0.1) is 20.1 Å². The molecule has 5 nitrogen and oxygen atoms in total. The first kappa shape index (κ1) is 11.4. The lowest BCUT2D eigenvalue weighted by Crippen LogP contribution is -2.16. The highest BCUT2D eigenvalue weighted by Gasteiger charge is 2.32. The van der Waals surface area contributed by atoms with Gasteiger partial charge in [0, 0.05) is 17.8 Å². The van der Waals surface area contributed by atoms with E-state index in [-0.39, 0.29) is 0 Å². The summed E-state index contributed by atoms with van der Waals surface area (Å²) >= 11 is 0. The molecule has 1 heterocycles. The Kier molecular flexibility index (Phi) is 2.99. The Bertz CT molecular complexity index is 470. The first-order valence-corrected chi connectivity index (χ1v) is 5.20. The summed E-state index contributed by atoms with van der Waals surface area (Å²) in [7, 11) is 3.04. The molecule has 0 aliphatic carbocycles. The number of ether oxygens (including phenoxy) is 2. The third-order valence-corrected chi connectivity index (χ3v) is 2.89. The van der Waals surface area contributed by atoms with Crippen molar-refractivity contribution in [3.63, 3.8) is 0 Å². The second kappa shape index (κ2) is 4.45. The summed E-state index contributed by atoms with van der Waals surface area (Å²) < 4.78 is 10.4. The Hall–Kier alpha value is -2.04. The van der Waals surface area contributed by atoms with E-state index in [0.29, 0.717) is 29.9 Å². The molecular weight excluding hydrogens is 222 g/mol. The quantitative estimate of drug-likeness (QED) is 0.622. The maximum Gasteiger partial charge on any atom is 0.204 e. The molecule has 2 rings (SSSR count). The molecule has 0 amide bonds. The van der Waals surface area contributed by atoms with E-state index in [0.717, 1.165) is 5.69 Å². The van der Waals surface area contributed by atoms with Crippen LogP contribution in [0.15, 0.2) is 12.1 Å². The van der Waals surface area contributed by atoms with Gasteiger partial charge in [-0.15, -0.1) is 0 Å². The molecule has 1 atom stereocenters. The van der Waals surface area contributed by atoms with Crippen molar-refractivity contribution in [2.45, 2.75) is 5.92 Å². The number of aldehydes is 1. The van der Waals surface area contributed by atoms with Crippen LogP contribution in [-0.4, -0.2) is 32.8 Å². The SMILES string of the molecule is COc1ccc2c(c1OC)C(C(=O)C=O)CN2. The summed E-state index contributed by atoms with van der Waals surface area (Å²) in [6.07, 6.45) is 0.348. The fourth-order valence-corrected chi connectivity index (χ4v) is 2.09. The topological polar surface area (TPSA) is 64.6 Å². The van der Waals surface area contributed by atoms with Crippen LogP contribution in [0.2, 0.25) is 0 Å². The van der Waals surface area contributed by atoms with E-state index in [1.165, 1.54) is 14.2 Å². The number of benzene rings is 1. The van der Waals surface area contributed by atoms with Gasteiger partial charge in [-0.3, -0.25) is 9.59 Å². The van der Waals surface area contributed by atoms with Crippen LogP contribution in [0, 0.1) is 0 Å². The minimum Gasteiger partial charge on any atom is -0.493 e. The van der Waals surface area contributed by atoms with Crippen LogP contribution in [0.25, 0.3) is 0 Å². The molecule has 0 aromatic heterocycles. The molecule has 90 valence electrons. The largest absolute Gasteiger partial charge is 0.493 e. The number of anilines is 1. The maximum atomic E-state index is 11.5. The van der Waals surface area contributed by atoms with Crippen molar-refractivity contribution in [3.8, 4) is 11.5 Å². The van der Waals surface area contributed by atoms with Gasteiger partial charge in [-0.25, -0.2) is 0 Å². The summed E-state index contributed by atoms with van der Waals surface area (Å²) in [5, 5.41) is 3.08. The molecule has 0 spiro atoms. The van der Waals surface area contributed by atoms with Gasteiger partial charge in [0.1, 0.15) is 0 Å². The fourth-order valence-electron chi connectivity index (χ4n) is 2.09. The minimum absolute atomic E-state index is 0.348. The summed E-state index contributed by atoms with van der Waals surface area (Å²) in [6, 6.07) is 3.58. The molecule has 0 fully saturated rings. The number of ketones is 1. The first-order chi connectivity index (χ1) is 8.22. The van der Waals surface area contributed by atoms with Gasteiger partial charge in [-0.1, -0.05) is 0 Å². The summed E-state index contributed by atoms with van der Waals surface area (Å²) in [4.78, 5) is 22.1. The van der Waals surface area contributed by atoms with E-state index >= 15 is 0 Å². The fraction of sp³-hybridized carbons (Fsp3) is 0.333. The van der Waals surface area contributed by atoms with Gasteiger partial charge in [0.25, 0.3) is 0 Å². The van der Waals surface area contributed by atoms with E-state index in [2.05, 4.69) is 5.32 Å². The molecule has 17 heavy (non-hydrogen) atoms. The van der Waals surface area contributed by atoms with Crippen LogP contribution >= 0.6 is 0 Å². The maximum absolute atomic E-state index is 11.5. The van der Waals surface area contributed by atoms with E-state index in [1.54, 1.807) is 6.07 Å². The summed E-state index contributed by atoms with van der Waals surface area (Å²) in [5.41, 5.74) is 1.51. The molecule has 1 aromatic rings. The third kappa shape index (κ3) is 1.73. The van der Waals surface area contributed by atoms with E-state index in [9.17, 15) is 9.59 Å². The third-order valence-electron chi connectivity index (χ3n) is 2.89. The molecule has 0 bridgehead atoms. The number of carbonyl (C=O) groups is 2. The predicted molar refractivity (Wildman–Crippen MR) is 61.8 cm³/mol. The van der Waals surface area contributed by atoms with Gasteiger partial charge in [0.15, 0.2) is 17.8 Å². The van der Waals surface area contributed by atoms with Gasteiger partial charge >= 0.3 is 0 Å². The van der Waals surface area contributed by atoms with Crippen molar-refractivity contribution in [1.29, 1.82) is 0 Å². The van der Waals surface area contributed by atoms with E-state index in [1.807, 2.05) is 6.07 Å². The molecule has 1 aromatic carbocycles. The average molecular weight is 235 g/mol. The number of methoxy groups -OCH3 is 2. The van der Waals surface area contributed by atoms with Gasteiger partial charge in [-0.2, -0.15) is 0 Å². The normalized spacial score (nSPS) is 16.9. The Morgan fingerprint density at radius 1 is 1.41 bits per heavy atom. The van der Waals surface area contributed by atoms with Crippen LogP contribution in [0.1, 0.15) is 11.5 Å². The second-order valence-electron chi connectivity index (χ2n) is 3.72. The second-order valence-corrected chi connectivity index (χ2v) is 3.72. The molecule has 0 saturated heterocycles. The van der Waals surface area contributed by atoms with Crippen LogP contribution in [0.5, 0.6) is 11.5 Å². The lowest BCUT2D eigenvalue weighted by Gasteiger charge is -2.14. The van der Waals surface area contributed by atoms with Crippen molar-refractivity contribution < 1.29 is 19.1 Å².